The molecule has 6 heteroatoms. The molecule has 138 valence electrons. The van der Waals surface area contributed by atoms with Gasteiger partial charge in [-0.05, 0) is 49.2 Å². The standard InChI is InChI=1S/C21H19ClN2O3/c22-17-7-3-4-8-18(17)23-19(25)13-9-11-14(12-10-13)24-20(26)15-5-1-2-6-16(15)21(24)27/h3-4,7-12,15-16H,1-2,5-6H2,(H,23,25). The van der Waals surface area contributed by atoms with E-state index < -0.39 is 0 Å². The molecule has 27 heavy (non-hydrogen) atoms. The first-order chi connectivity index (χ1) is 13.1. The zero-order chi connectivity index (χ0) is 19.0. The Kier molecular flexibility index (Phi) is 4.70. The number of para-hydroxylation sites is 1. The third kappa shape index (κ3) is 3.23. The number of carbonyl (C=O) groups is 3. The first-order valence-electron chi connectivity index (χ1n) is 9.10. The molecule has 0 spiro atoms. The van der Waals surface area contributed by atoms with Gasteiger partial charge in [-0.1, -0.05) is 36.6 Å². The van der Waals surface area contributed by atoms with E-state index in [1.54, 1.807) is 48.5 Å². The summed E-state index contributed by atoms with van der Waals surface area (Å²) in [6, 6.07) is 13.5. The number of nitrogens with zero attached hydrogens (tertiary/aromatic N) is 1. The van der Waals surface area contributed by atoms with Crippen LogP contribution in [-0.2, 0) is 9.59 Å². The fourth-order valence-electron chi connectivity index (χ4n) is 3.94. The topological polar surface area (TPSA) is 66.5 Å². The lowest BCUT2D eigenvalue weighted by Crippen LogP contribution is -2.30. The number of nitrogens with one attached hydrogen (secondary N) is 1. The van der Waals surface area contributed by atoms with Gasteiger partial charge in [0.05, 0.1) is 28.2 Å². The molecule has 2 aromatic carbocycles. The number of halogens is 1. The Balaban J connectivity index is 1.52. The van der Waals surface area contributed by atoms with Crippen LogP contribution >= 0.6 is 11.6 Å². The normalized spacial score (nSPS) is 21.9. The van der Waals surface area contributed by atoms with Crippen molar-refractivity contribution in [3.05, 3.63) is 59.1 Å². The highest BCUT2D eigenvalue weighted by Crippen LogP contribution is 2.40. The average molecular weight is 383 g/mol. The quantitative estimate of drug-likeness (QED) is 0.806. The van der Waals surface area contributed by atoms with Crippen molar-refractivity contribution in [3.8, 4) is 0 Å². The zero-order valence-electron chi connectivity index (χ0n) is 14.7. The minimum atomic E-state index is -0.303. The second kappa shape index (κ2) is 7.16. The maximum Gasteiger partial charge on any atom is 0.255 e. The predicted molar refractivity (Wildman–Crippen MR) is 104 cm³/mol. The molecule has 3 amide bonds. The second-order valence-corrected chi connectivity index (χ2v) is 7.40. The third-order valence-corrected chi connectivity index (χ3v) is 5.68. The van der Waals surface area contributed by atoms with E-state index in [1.807, 2.05) is 0 Å². The van der Waals surface area contributed by atoms with Crippen molar-refractivity contribution >= 4 is 40.7 Å². The molecule has 2 aromatic rings. The van der Waals surface area contributed by atoms with Crippen LogP contribution in [0.4, 0.5) is 11.4 Å². The molecule has 0 aromatic heterocycles. The molecule has 5 nitrogen and oxygen atoms in total. The van der Waals surface area contributed by atoms with Crippen LogP contribution in [0.2, 0.25) is 5.02 Å². The summed E-state index contributed by atoms with van der Waals surface area (Å²) in [5.41, 5.74) is 1.48. The Morgan fingerprint density at radius 1 is 0.926 bits per heavy atom. The van der Waals surface area contributed by atoms with Gasteiger partial charge in [0.2, 0.25) is 11.8 Å². The summed E-state index contributed by atoms with van der Waals surface area (Å²) in [4.78, 5) is 39.0. The van der Waals surface area contributed by atoms with Gasteiger partial charge in [0, 0.05) is 5.56 Å². The second-order valence-electron chi connectivity index (χ2n) is 6.99. The number of carbonyl (C=O) groups excluding carboxylic acids is 3. The van der Waals surface area contributed by atoms with Crippen molar-refractivity contribution in [2.45, 2.75) is 25.7 Å². The lowest BCUT2D eigenvalue weighted by Gasteiger charge is -2.19. The molecule has 1 aliphatic heterocycles. The summed E-state index contributed by atoms with van der Waals surface area (Å²) >= 11 is 6.06. The highest BCUT2D eigenvalue weighted by Gasteiger charge is 2.48. The number of hydrogen-bond acceptors (Lipinski definition) is 3. The fourth-order valence-corrected chi connectivity index (χ4v) is 4.12. The van der Waals surface area contributed by atoms with E-state index in [2.05, 4.69) is 5.32 Å². The van der Waals surface area contributed by atoms with Crippen LogP contribution < -0.4 is 10.2 Å². The molecular weight excluding hydrogens is 364 g/mol. The van der Waals surface area contributed by atoms with Crippen LogP contribution in [-0.4, -0.2) is 17.7 Å². The number of hydrogen-bond donors (Lipinski definition) is 1. The Hall–Kier alpha value is -2.66. The highest BCUT2D eigenvalue weighted by atomic mass is 35.5. The van der Waals surface area contributed by atoms with E-state index in [4.69, 9.17) is 11.6 Å². The monoisotopic (exact) mass is 382 g/mol. The summed E-state index contributed by atoms with van der Waals surface area (Å²) in [5, 5.41) is 3.21. The summed E-state index contributed by atoms with van der Waals surface area (Å²) in [7, 11) is 0. The van der Waals surface area contributed by atoms with Gasteiger partial charge in [-0.2, -0.15) is 0 Å². The molecule has 2 atom stereocenters. The van der Waals surface area contributed by atoms with E-state index in [-0.39, 0.29) is 29.6 Å². The summed E-state index contributed by atoms with van der Waals surface area (Å²) in [6.07, 6.45) is 3.55. The Morgan fingerprint density at radius 2 is 1.52 bits per heavy atom. The molecule has 0 bridgehead atoms. The highest BCUT2D eigenvalue weighted by molar-refractivity contribution is 6.33. The van der Waals surface area contributed by atoms with Crippen LogP contribution in [0, 0.1) is 11.8 Å². The van der Waals surface area contributed by atoms with Gasteiger partial charge in [0.25, 0.3) is 5.91 Å². The molecule has 4 rings (SSSR count). The molecule has 1 aliphatic carbocycles. The zero-order valence-corrected chi connectivity index (χ0v) is 15.4. The number of fused-ring (bicyclic) bond motifs is 1. The number of anilines is 2. The number of benzene rings is 2. The largest absolute Gasteiger partial charge is 0.321 e. The maximum absolute atomic E-state index is 12.7. The third-order valence-electron chi connectivity index (χ3n) is 5.35. The summed E-state index contributed by atoms with van der Waals surface area (Å²) in [6.45, 7) is 0. The lowest BCUT2D eigenvalue weighted by molar-refractivity contribution is -0.122. The van der Waals surface area contributed by atoms with Gasteiger partial charge in [-0.3, -0.25) is 19.3 Å². The SMILES string of the molecule is O=C(Nc1ccccc1Cl)c1ccc(N2C(=O)C3CCCCC3C2=O)cc1. The predicted octanol–water partition coefficient (Wildman–Crippen LogP) is 4.27. The molecule has 1 heterocycles. The molecular formula is C21H19ClN2O3. The summed E-state index contributed by atoms with van der Waals surface area (Å²) < 4.78 is 0. The van der Waals surface area contributed by atoms with Crippen LogP contribution in [0.3, 0.4) is 0 Å². The fraction of sp³-hybridized carbons (Fsp3) is 0.286. The average Bonchev–Trinajstić information content (AvgIpc) is 2.95. The minimum Gasteiger partial charge on any atom is -0.321 e. The molecule has 2 aliphatic rings. The van der Waals surface area contributed by atoms with Crippen LogP contribution in [0.25, 0.3) is 0 Å². The van der Waals surface area contributed by atoms with Gasteiger partial charge in [-0.15, -0.1) is 0 Å². The van der Waals surface area contributed by atoms with Crippen LogP contribution in [0.15, 0.2) is 48.5 Å². The van der Waals surface area contributed by atoms with Crippen molar-refractivity contribution in [1.82, 2.24) is 0 Å². The molecule has 1 saturated carbocycles. The van der Waals surface area contributed by atoms with Gasteiger partial charge >= 0.3 is 0 Å². The van der Waals surface area contributed by atoms with Crippen LogP contribution in [0.5, 0.6) is 0 Å². The Morgan fingerprint density at radius 3 is 2.11 bits per heavy atom. The molecule has 1 saturated heterocycles. The van der Waals surface area contributed by atoms with Crippen molar-refractivity contribution in [2.75, 3.05) is 10.2 Å². The van der Waals surface area contributed by atoms with E-state index in [1.165, 1.54) is 4.90 Å². The van der Waals surface area contributed by atoms with Gasteiger partial charge < -0.3 is 5.32 Å². The molecule has 2 unspecified atom stereocenters. The number of rotatable bonds is 3. The van der Waals surface area contributed by atoms with Crippen molar-refractivity contribution in [2.24, 2.45) is 11.8 Å². The lowest BCUT2D eigenvalue weighted by atomic mass is 9.81. The number of imide groups is 1. The van der Waals surface area contributed by atoms with Gasteiger partial charge in [0.1, 0.15) is 0 Å². The van der Waals surface area contributed by atoms with Gasteiger partial charge in [-0.25, -0.2) is 0 Å². The van der Waals surface area contributed by atoms with E-state index in [0.717, 1.165) is 25.7 Å². The summed E-state index contributed by atoms with van der Waals surface area (Å²) in [5.74, 6) is -0.901. The van der Waals surface area contributed by atoms with E-state index >= 15 is 0 Å². The van der Waals surface area contributed by atoms with E-state index in [0.29, 0.717) is 22.0 Å². The Labute approximate surface area is 162 Å². The maximum atomic E-state index is 12.7. The Bertz CT molecular complexity index is 886. The first kappa shape index (κ1) is 17.7. The van der Waals surface area contributed by atoms with Crippen molar-refractivity contribution in [1.29, 1.82) is 0 Å². The smallest absolute Gasteiger partial charge is 0.255 e. The minimum absolute atomic E-state index is 0.113. The molecule has 2 fully saturated rings. The van der Waals surface area contributed by atoms with Crippen molar-refractivity contribution in [3.63, 3.8) is 0 Å². The van der Waals surface area contributed by atoms with Crippen molar-refractivity contribution < 1.29 is 14.4 Å². The molecule has 0 radical (unpaired) electrons. The van der Waals surface area contributed by atoms with Crippen LogP contribution in [0.1, 0.15) is 36.0 Å². The van der Waals surface area contributed by atoms with Gasteiger partial charge in [0.15, 0.2) is 0 Å². The van der Waals surface area contributed by atoms with E-state index in [9.17, 15) is 14.4 Å². The number of amides is 3. The first-order valence-corrected chi connectivity index (χ1v) is 9.48. The molecule has 1 N–H and O–H groups in total.